The van der Waals surface area contributed by atoms with Gasteiger partial charge in [0.1, 0.15) is 10.7 Å². The van der Waals surface area contributed by atoms with Crippen molar-refractivity contribution in [3.63, 3.8) is 0 Å². The molecule has 1 aromatic heterocycles. The lowest BCUT2D eigenvalue weighted by atomic mass is 10.0. The average molecular weight is 579 g/mol. The van der Waals surface area contributed by atoms with E-state index in [1.165, 1.54) is 20.1 Å². The van der Waals surface area contributed by atoms with Gasteiger partial charge in [0, 0.05) is 67.3 Å². The molecular weight excluding hydrogens is 543 g/mol. The van der Waals surface area contributed by atoms with Crippen LogP contribution in [0, 0.1) is 5.41 Å². The van der Waals surface area contributed by atoms with Gasteiger partial charge in [-0.2, -0.15) is 4.98 Å². The van der Waals surface area contributed by atoms with Crippen LogP contribution in [0.1, 0.15) is 44.2 Å². The SMILES string of the molecule is CNc1cc(NC2CCN(c3ncc(Cl)c(Nc4ccc5c(c4)CC(=O)N5CCC(C)(C)F)n3)CC2)ccc1C=N. The van der Waals surface area contributed by atoms with Crippen molar-refractivity contribution in [1.82, 2.24) is 9.97 Å². The number of carbonyl (C=O) groups excluding carboxylic acids is 1. The van der Waals surface area contributed by atoms with Gasteiger partial charge in [0.2, 0.25) is 11.9 Å². The smallest absolute Gasteiger partial charge is 0.231 e. The van der Waals surface area contributed by atoms with Crippen molar-refractivity contribution in [3.8, 4) is 0 Å². The van der Waals surface area contributed by atoms with Crippen LogP contribution in [0.3, 0.4) is 0 Å². The first-order valence-electron chi connectivity index (χ1n) is 13.9. The van der Waals surface area contributed by atoms with Gasteiger partial charge in [-0.05, 0) is 75.1 Å². The molecule has 4 N–H and O–H groups in total. The van der Waals surface area contributed by atoms with E-state index >= 15 is 0 Å². The van der Waals surface area contributed by atoms with Crippen molar-refractivity contribution >= 4 is 58.2 Å². The van der Waals surface area contributed by atoms with Crippen LogP contribution in [-0.2, 0) is 11.2 Å². The van der Waals surface area contributed by atoms with Crippen LogP contribution in [-0.4, -0.2) is 60.5 Å². The third kappa shape index (κ3) is 6.70. The van der Waals surface area contributed by atoms with Crippen LogP contribution in [0.4, 0.5) is 38.9 Å². The van der Waals surface area contributed by atoms with Crippen molar-refractivity contribution in [3.05, 3.63) is 58.7 Å². The number of carbonyl (C=O) groups is 1. The van der Waals surface area contributed by atoms with Gasteiger partial charge in [-0.15, -0.1) is 0 Å². The van der Waals surface area contributed by atoms with Gasteiger partial charge in [-0.1, -0.05) is 11.6 Å². The molecule has 0 spiro atoms. The number of aromatic nitrogens is 2. The summed E-state index contributed by atoms with van der Waals surface area (Å²) >= 11 is 6.46. The number of hydrogen-bond acceptors (Lipinski definition) is 8. The van der Waals surface area contributed by atoms with E-state index in [2.05, 4.69) is 25.8 Å². The fourth-order valence-corrected chi connectivity index (χ4v) is 5.40. The second-order valence-electron chi connectivity index (χ2n) is 11.1. The summed E-state index contributed by atoms with van der Waals surface area (Å²) in [5.41, 5.74) is 3.96. The summed E-state index contributed by atoms with van der Waals surface area (Å²) in [5, 5.41) is 18.0. The van der Waals surface area contributed by atoms with E-state index in [0.29, 0.717) is 29.4 Å². The Morgan fingerprint density at radius 3 is 2.63 bits per heavy atom. The minimum absolute atomic E-state index is 0.0208. The maximum atomic E-state index is 14.0. The van der Waals surface area contributed by atoms with E-state index in [9.17, 15) is 9.18 Å². The van der Waals surface area contributed by atoms with E-state index in [-0.39, 0.29) is 18.7 Å². The van der Waals surface area contributed by atoms with Gasteiger partial charge in [-0.3, -0.25) is 4.79 Å². The highest BCUT2D eigenvalue weighted by molar-refractivity contribution is 6.32. The van der Waals surface area contributed by atoms with Crippen LogP contribution in [0.25, 0.3) is 0 Å². The molecule has 1 amide bonds. The molecule has 2 aliphatic heterocycles. The number of amides is 1. The summed E-state index contributed by atoms with van der Waals surface area (Å²) in [4.78, 5) is 25.6. The number of alkyl halides is 1. The molecule has 0 radical (unpaired) electrons. The second kappa shape index (κ2) is 11.9. The lowest BCUT2D eigenvalue weighted by molar-refractivity contribution is -0.117. The van der Waals surface area contributed by atoms with Crippen LogP contribution >= 0.6 is 11.6 Å². The summed E-state index contributed by atoms with van der Waals surface area (Å²) in [5.74, 6) is 1.09. The van der Waals surface area contributed by atoms with Gasteiger partial charge in [-0.25, -0.2) is 9.37 Å². The standard InChI is InChI=1S/C30H36ClFN8O/c1-30(2,32)10-13-40-26-7-6-22(14-20(26)15-27(40)41)37-28-24(31)18-35-29(38-28)39-11-8-21(9-12-39)36-23-5-4-19(17-33)25(16-23)34-3/h4-7,14,16-18,21,33-34,36H,8-13,15H2,1-3H3,(H,35,37,38). The van der Waals surface area contributed by atoms with Crippen molar-refractivity contribution in [2.24, 2.45) is 0 Å². The number of hydrogen-bond donors (Lipinski definition) is 4. The van der Waals surface area contributed by atoms with Crippen LogP contribution < -0.4 is 25.8 Å². The van der Waals surface area contributed by atoms with E-state index in [1.807, 2.05) is 43.4 Å². The molecule has 0 aliphatic carbocycles. The quantitative estimate of drug-likeness (QED) is 0.218. The minimum atomic E-state index is -1.33. The third-order valence-corrected chi connectivity index (χ3v) is 7.84. The molecular formula is C30H36ClFN8O. The number of fused-ring (bicyclic) bond motifs is 1. The summed E-state index contributed by atoms with van der Waals surface area (Å²) in [6.07, 6.45) is 5.36. The monoisotopic (exact) mass is 578 g/mol. The molecule has 216 valence electrons. The molecule has 2 aliphatic rings. The van der Waals surface area contributed by atoms with Gasteiger partial charge in [0.15, 0.2) is 5.82 Å². The fourth-order valence-electron chi connectivity index (χ4n) is 5.27. The number of anilines is 6. The molecule has 1 fully saturated rings. The Morgan fingerprint density at radius 2 is 1.93 bits per heavy atom. The van der Waals surface area contributed by atoms with Crippen molar-refractivity contribution in [1.29, 1.82) is 5.41 Å². The second-order valence-corrected chi connectivity index (χ2v) is 11.5. The lowest BCUT2D eigenvalue weighted by Crippen LogP contribution is -2.40. The van der Waals surface area contributed by atoms with Crippen LogP contribution in [0.5, 0.6) is 0 Å². The third-order valence-electron chi connectivity index (χ3n) is 7.56. The summed E-state index contributed by atoms with van der Waals surface area (Å²) < 4.78 is 14.0. The highest BCUT2D eigenvalue weighted by Gasteiger charge is 2.29. The highest BCUT2D eigenvalue weighted by Crippen LogP contribution is 2.34. The number of nitrogens with one attached hydrogen (secondary N) is 4. The molecule has 0 unspecified atom stereocenters. The summed E-state index contributed by atoms with van der Waals surface area (Å²) in [6.45, 7) is 5.00. The van der Waals surface area contributed by atoms with E-state index in [4.69, 9.17) is 22.0 Å². The predicted molar refractivity (Wildman–Crippen MR) is 165 cm³/mol. The van der Waals surface area contributed by atoms with Crippen LogP contribution in [0.2, 0.25) is 5.02 Å². The Balaban J connectivity index is 1.22. The van der Waals surface area contributed by atoms with Gasteiger partial charge in [0.05, 0.1) is 12.6 Å². The predicted octanol–water partition coefficient (Wildman–Crippen LogP) is 6.02. The zero-order valence-corrected chi connectivity index (χ0v) is 24.4. The summed E-state index contributed by atoms with van der Waals surface area (Å²) in [7, 11) is 1.86. The maximum Gasteiger partial charge on any atom is 0.231 e. The first kappa shape index (κ1) is 28.6. The lowest BCUT2D eigenvalue weighted by Gasteiger charge is -2.33. The van der Waals surface area contributed by atoms with E-state index < -0.39 is 5.67 Å². The van der Waals surface area contributed by atoms with Gasteiger partial charge in [0.25, 0.3) is 0 Å². The Morgan fingerprint density at radius 1 is 1.17 bits per heavy atom. The van der Waals surface area contributed by atoms with Crippen molar-refractivity contribution in [2.75, 3.05) is 52.4 Å². The highest BCUT2D eigenvalue weighted by atomic mass is 35.5. The number of piperidine rings is 1. The zero-order valence-electron chi connectivity index (χ0n) is 23.6. The minimum Gasteiger partial charge on any atom is -0.388 e. The number of nitrogens with zero attached hydrogens (tertiary/aromatic N) is 4. The van der Waals surface area contributed by atoms with E-state index in [0.717, 1.165) is 59.8 Å². The van der Waals surface area contributed by atoms with Gasteiger partial charge < -0.3 is 31.2 Å². The molecule has 5 rings (SSSR count). The Kier molecular flexibility index (Phi) is 8.30. The topological polar surface area (TPSA) is 109 Å². The molecule has 0 atom stereocenters. The zero-order chi connectivity index (χ0) is 29.1. The number of benzene rings is 2. The Hall–Kier alpha value is -3.92. The normalized spacial score (nSPS) is 15.6. The van der Waals surface area contributed by atoms with Crippen LogP contribution in [0.15, 0.2) is 42.6 Å². The Bertz CT molecular complexity index is 1430. The number of halogens is 2. The average Bonchev–Trinajstić information content (AvgIpc) is 3.27. The molecule has 2 aromatic carbocycles. The molecule has 9 nitrogen and oxygen atoms in total. The molecule has 11 heteroatoms. The first-order chi connectivity index (χ1) is 19.6. The largest absolute Gasteiger partial charge is 0.388 e. The van der Waals surface area contributed by atoms with Crippen molar-refractivity contribution in [2.45, 2.75) is 51.2 Å². The molecule has 0 saturated carbocycles. The fraction of sp³-hybridized carbons (Fsp3) is 0.400. The molecule has 41 heavy (non-hydrogen) atoms. The summed E-state index contributed by atoms with van der Waals surface area (Å²) in [6, 6.07) is 12.0. The maximum absolute atomic E-state index is 14.0. The molecule has 3 heterocycles. The Labute approximate surface area is 245 Å². The molecule has 0 bridgehead atoms. The number of rotatable bonds is 10. The molecule has 1 saturated heterocycles. The first-order valence-corrected chi connectivity index (χ1v) is 14.3. The van der Waals surface area contributed by atoms with Crippen molar-refractivity contribution < 1.29 is 9.18 Å². The van der Waals surface area contributed by atoms with Gasteiger partial charge >= 0.3 is 0 Å². The molecule has 3 aromatic rings. The van der Waals surface area contributed by atoms with E-state index in [1.54, 1.807) is 11.1 Å².